The summed E-state index contributed by atoms with van der Waals surface area (Å²) in [6, 6.07) is 7.54. The summed E-state index contributed by atoms with van der Waals surface area (Å²) < 4.78 is 37.1. The quantitative estimate of drug-likeness (QED) is 0.831. The lowest BCUT2D eigenvalue weighted by molar-refractivity contribution is -0.137. The van der Waals surface area contributed by atoms with Crippen molar-refractivity contribution in [2.45, 2.75) is 6.18 Å². The summed E-state index contributed by atoms with van der Waals surface area (Å²) in [7, 11) is 0. The number of hydrogen-bond donors (Lipinski definition) is 2. The number of alkyl halides is 3. The van der Waals surface area contributed by atoms with Gasteiger partial charge < -0.3 is 10.6 Å². The van der Waals surface area contributed by atoms with Crippen molar-refractivity contribution in [3.63, 3.8) is 0 Å². The fourth-order valence-electron chi connectivity index (χ4n) is 1.61. The molecule has 0 unspecified atom stereocenters. The Bertz CT molecular complexity index is 644. The van der Waals surface area contributed by atoms with Gasteiger partial charge in [0.2, 0.25) is 0 Å². The second-order valence-corrected chi connectivity index (χ2v) is 4.33. The minimum Gasteiger partial charge on any atom is -0.368 e. The van der Waals surface area contributed by atoms with Crippen molar-refractivity contribution in [3.8, 4) is 6.07 Å². The van der Waals surface area contributed by atoms with Crippen molar-refractivity contribution in [1.82, 2.24) is 9.97 Å². The summed E-state index contributed by atoms with van der Waals surface area (Å²) in [5.74, 6) is 0.976. The van der Waals surface area contributed by atoms with Crippen molar-refractivity contribution in [3.05, 3.63) is 47.8 Å². The van der Waals surface area contributed by atoms with Gasteiger partial charge in [0.05, 0.1) is 11.1 Å². The molecule has 0 saturated carbocycles. The van der Waals surface area contributed by atoms with Crippen molar-refractivity contribution in [2.75, 3.05) is 23.7 Å². The number of halogens is 3. The highest BCUT2D eigenvalue weighted by Gasteiger charge is 2.30. The molecular weight excluding hydrogens is 295 g/mol. The van der Waals surface area contributed by atoms with Crippen LogP contribution in [0.4, 0.5) is 24.8 Å². The first kappa shape index (κ1) is 15.6. The van der Waals surface area contributed by atoms with Gasteiger partial charge in [-0.15, -0.1) is 0 Å². The standard InChI is InChI=1S/C14H12F3N5/c15-14(16,17)11-2-4-13(22-9-11)20-6-5-19-12-3-1-10(7-18)8-21-12/h1-4,8-9H,5-6H2,(H,19,21)(H,20,22). The monoisotopic (exact) mass is 307 g/mol. The molecule has 0 aliphatic carbocycles. The summed E-state index contributed by atoms with van der Waals surface area (Å²) in [6.45, 7) is 0.960. The lowest BCUT2D eigenvalue weighted by Gasteiger charge is -2.09. The Kier molecular flexibility index (Phi) is 4.78. The molecule has 0 atom stereocenters. The van der Waals surface area contributed by atoms with Crippen LogP contribution in [-0.4, -0.2) is 23.1 Å². The minimum atomic E-state index is -4.38. The molecule has 0 fully saturated rings. The number of nitrogens with zero attached hydrogens (tertiary/aromatic N) is 3. The van der Waals surface area contributed by atoms with E-state index in [9.17, 15) is 13.2 Å². The van der Waals surface area contributed by atoms with E-state index in [0.29, 0.717) is 30.3 Å². The van der Waals surface area contributed by atoms with Gasteiger partial charge in [-0.25, -0.2) is 9.97 Å². The Morgan fingerprint density at radius 2 is 1.55 bits per heavy atom. The third-order valence-corrected chi connectivity index (χ3v) is 2.72. The smallest absolute Gasteiger partial charge is 0.368 e. The summed E-state index contributed by atoms with van der Waals surface area (Å²) in [4.78, 5) is 7.73. The summed E-state index contributed by atoms with van der Waals surface area (Å²) in [5, 5.41) is 14.5. The molecule has 22 heavy (non-hydrogen) atoms. The fourth-order valence-corrected chi connectivity index (χ4v) is 1.61. The largest absolute Gasteiger partial charge is 0.417 e. The van der Waals surface area contributed by atoms with Crippen LogP contribution < -0.4 is 10.6 Å². The van der Waals surface area contributed by atoms with Crippen LogP contribution in [0.5, 0.6) is 0 Å². The third kappa shape index (κ3) is 4.34. The highest BCUT2D eigenvalue weighted by atomic mass is 19.4. The molecule has 0 aromatic carbocycles. The molecule has 2 aromatic rings. The molecule has 0 saturated heterocycles. The lowest BCUT2D eigenvalue weighted by Crippen LogP contribution is -2.15. The van der Waals surface area contributed by atoms with Gasteiger partial charge in [-0.3, -0.25) is 0 Å². The van der Waals surface area contributed by atoms with Crippen LogP contribution in [0.3, 0.4) is 0 Å². The summed E-state index contributed by atoms with van der Waals surface area (Å²) >= 11 is 0. The number of hydrogen-bond acceptors (Lipinski definition) is 5. The van der Waals surface area contributed by atoms with Crippen molar-refractivity contribution < 1.29 is 13.2 Å². The maximum atomic E-state index is 12.4. The molecule has 0 aliphatic heterocycles. The predicted molar refractivity (Wildman–Crippen MR) is 75.2 cm³/mol. The zero-order valence-corrected chi connectivity index (χ0v) is 11.4. The first-order chi connectivity index (χ1) is 10.5. The molecule has 114 valence electrons. The maximum absolute atomic E-state index is 12.4. The molecule has 0 radical (unpaired) electrons. The van der Waals surface area contributed by atoms with Crippen LogP contribution in [0.25, 0.3) is 0 Å². The Hall–Kier alpha value is -2.82. The first-order valence-electron chi connectivity index (χ1n) is 6.36. The van der Waals surface area contributed by atoms with E-state index >= 15 is 0 Å². The molecule has 2 heterocycles. The van der Waals surface area contributed by atoms with Gasteiger partial charge in [-0.1, -0.05) is 0 Å². The Labute approximate surface area is 124 Å². The van der Waals surface area contributed by atoms with Gasteiger partial charge in [-0.05, 0) is 24.3 Å². The van der Waals surface area contributed by atoms with Crippen LogP contribution in [0.2, 0.25) is 0 Å². The minimum absolute atomic E-state index is 0.364. The van der Waals surface area contributed by atoms with E-state index < -0.39 is 11.7 Å². The zero-order valence-electron chi connectivity index (χ0n) is 11.4. The van der Waals surface area contributed by atoms with E-state index in [1.54, 1.807) is 12.1 Å². The van der Waals surface area contributed by atoms with Crippen LogP contribution in [-0.2, 0) is 6.18 Å². The average molecular weight is 307 g/mol. The number of nitriles is 1. The normalized spacial score (nSPS) is 10.8. The topological polar surface area (TPSA) is 73.6 Å². The molecule has 0 bridgehead atoms. The Morgan fingerprint density at radius 1 is 0.955 bits per heavy atom. The third-order valence-electron chi connectivity index (χ3n) is 2.72. The zero-order chi connectivity index (χ0) is 16.0. The van der Waals surface area contributed by atoms with Crippen LogP contribution in [0, 0.1) is 11.3 Å². The van der Waals surface area contributed by atoms with E-state index in [0.717, 1.165) is 12.3 Å². The van der Waals surface area contributed by atoms with E-state index in [4.69, 9.17) is 5.26 Å². The molecule has 0 amide bonds. The van der Waals surface area contributed by atoms with Gasteiger partial charge in [0.1, 0.15) is 17.7 Å². The second kappa shape index (κ2) is 6.76. The maximum Gasteiger partial charge on any atom is 0.417 e. The highest BCUT2D eigenvalue weighted by Crippen LogP contribution is 2.28. The number of pyridine rings is 2. The highest BCUT2D eigenvalue weighted by molar-refractivity contribution is 5.40. The molecule has 2 rings (SSSR count). The molecule has 8 heteroatoms. The SMILES string of the molecule is N#Cc1ccc(NCCNc2ccc(C(F)(F)F)cn2)nc1. The molecule has 2 aromatic heterocycles. The number of anilines is 2. The van der Waals surface area contributed by atoms with Gasteiger partial charge >= 0.3 is 6.18 Å². The number of aromatic nitrogens is 2. The predicted octanol–water partition coefficient (Wildman–Crippen LogP) is 2.89. The van der Waals surface area contributed by atoms with Gasteiger partial charge in [0.15, 0.2) is 0 Å². The number of nitrogens with one attached hydrogen (secondary N) is 2. The second-order valence-electron chi connectivity index (χ2n) is 4.33. The van der Waals surface area contributed by atoms with Gasteiger partial charge in [-0.2, -0.15) is 18.4 Å². The fraction of sp³-hybridized carbons (Fsp3) is 0.214. The molecule has 0 spiro atoms. The first-order valence-corrected chi connectivity index (χ1v) is 6.36. The Morgan fingerprint density at radius 3 is 1.95 bits per heavy atom. The van der Waals surface area contributed by atoms with Gasteiger partial charge in [0, 0.05) is 25.5 Å². The van der Waals surface area contributed by atoms with Crippen molar-refractivity contribution in [2.24, 2.45) is 0 Å². The molecule has 2 N–H and O–H groups in total. The number of rotatable bonds is 5. The van der Waals surface area contributed by atoms with Crippen LogP contribution in [0.15, 0.2) is 36.7 Å². The summed E-state index contributed by atoms with van der Waals surface area (Å²) in [6.07, 6.45) is -2.14. The molecule has 5 nitrogen and oxygen atoms in total. The summed E-state index contributed by atoms with van der Waals surface area (Å²) in [5.41, 5.74) is -0.310. The average Bonchev–Trinajstić information content (AvgIpc) is 2.52. The molecule has 0 aliphatic rings. The van der Waals surface area contributed by atoms with Crippen LogP contribution >= 0.6 is 0 Å². The Balaban J connectivity index is 1.77. The van der Waals surface area contributed by atoms with E-state index in [1.807, 2.05) is 6.07 Å². The van der Waals surface area contributed by atoms with E-state index in [-0.39, 0.29) is 0 Å². The van der Waals surface area contributed by atoms with E-state index in [1.165, 1.54) is 12.3 Å². The van der Waals surface area contributed by atoms with Gasteiger partial charge in [0.25, 0.3) is 0 Å². The van der Waals surface area contributed by atoms with Crippen molar-refractivity contribution in [1.29, 1.82) is 5.26 Å². The molecular formula is C14H12F3N5. The van der Waals surface area contributed by atoms with Crippen LogP contribution in [0.1, 0.15) is 11.1 Å². The van der Waals surface area contributed by atoms with E-state index in [2.05, 4.69) is 20.6 Å². The van der Waals surface area contributed by atoms with Crippen molar-refractivity contribution >= 4 is 11.6 Å². The lowest BCUT2D eigenvalue weighted by atomic mass is 10.3.